The maximum Gasteiger partial charge on any atom is 0.123 e. The highest BCUT2D eigenvalue weighted by Gasteiger charge is 2.33. The number of ether oxygens (including phenoxy) is 1. The molecule has 2 nitrogen and oxygen atoms in total. The van der Waals surface area contributed by atoms with E-state index in [9.17, 15) is 0 Å². The molecule has 0 fully saturated rings. The van der Waals surface area contributed by atoms with E-state index >= 15 is 0 Å². The topological polar surface area (TPSA) is 21.3 Å². The molecule has 1 unspecified atom stereocenters. The van der Waals surface area contributed by atoms with E-state index in [1.165, 1.54) is 18.4 Å². The normalized spacial score (nSPS) is 18.1. The van der Waals surface area contributed by atoms with Gasteiger partial charge in [0.25, 0.3) is 0 Å². The van der Waals surface area contributed by atoms with E-state index in [4.69, 9.17) is 4.74 Å². The quantitative estimate of drug-likeness (QED) is 0.806. The van der Waals surface area contributed by atoms with Crippen LogP contribution in [0.4, 0.5) is 0 Å². The summed E-state index contributed by atoms with van der Waals surface area (Å²) < 4.78 is 6.15. The van der Waals surface area contributed by atoms with Crippen LogP contribution in [-0.4, -0.2) is 18.7 Å². The molecular weight excluding hydrogens is 246 g/mol. The van der Waals surface area contributed by atoms with Crippen molar-refractivity contribution in [3.8, 4) is 5.75 Å². The third kappa shape index (κ3) is 3.54. The first-order valence-corrected chi connectivity index (χ1v) is 8.06. The summed E-state index contributed by atoms with van der Waals surface area (Å²) in [5.74, 6) is 1.09. The highest BCUT2D eigenvalue weighted by Crippen LogP contribution is 2.37. The summed E-state index contributed by atoms with van der Waals surface area (Å²) in [6.07, 6.45) is 4.98. The van der Waals surface area contributed by atoms with Crippen LogP contribution >= 0.6 is 0 Å². The Balaban J connectivity index is 1.99. The van der Waals surface area contributed by atoms with E-state index in [2.05, 4.69) is 57.3 Å². The van der Waals surface area contributed by atoms with Gasteiger partial charge in [0.05, 0.1) is 0 Å². The van der Waals surface area contributed by atoms with Crippen LogP contribution in [0.15, 0.2) is 24.3 Å². The van der Waals surface area contributed by atoms with Crippen molar-refractivity contribution in [2.24, 2.45) is 5.41 Å². The Morgan fingerprint density at radius 3 is 2.55 bits per heavy atom. The maximum absolute atomic E-state index is 6.15. The summed E-state index contributed by atoms with van der Waals surface area (Å²) in [7, 11) is 0. The zero-order valence-electron chi connectivity index (χ0n) is 13.4. The molecule has 0 spiro atoms. The minimum Gasteiger partial charge on any atom is -0.490 e. The predicted molar refractivity (Wildman–Crippen MR) is 85.3 cm³/mol. The molecule has 2 rings (SSSR count). The molecule has 2 heteroatoms. The van der Waals surface area contributed by atoms with E-state index in [1.54, 1.807) is 0 Å². The average molecular weight is 275 g/mol. The fourth-order valence-corrected chi connectivity index (χ4v) is 3.13. The third-order valence-electron chi connectivity index (χ3n) is 4.76. The number of nitrogens with one attached hydrogen (secondary N) is 1. The van der Waals surface area contributed by atoms with Crippen molar-refractivity contribution >= 4 is 0 Å². The van der Waals surface area contributed by atoms with Gasteiger partial charge in [-0.25, -0.2) is 0 Å². The van der Waals surface area contributed by atoms with Crippen LogP contribution < -0.4 is 10.1 Å². The Bertz CT molecular complexity index is 398. The van der Waals surface area contributed by atoms with Crippen molar-refractivity contribution in [1.82, 2.24) is 5.32 Å². The summed E-state index contributed by atoms with van der Waals surface area (Å²) in [5.41, 5.74) is 1.73. The molecular formula is C18H29NO. The third-order valence-corrected chi connectivity index (χ3v) is 4.76. The van der Waals surface area contributed by atoms with Crippen LogP contribution in [0, 0.1) is 5.41 Å². The number of rotatable bonds is 7. The first kappa shape index (κ1) is 15.4. The molecule has 1 aromatic rings. The lowest BCUT2D eigenvalue weighted by molar-refractivity contribution is 0.120. The first-order chi connectivity index (χ1) is 9.58. The molecule has 0 radical (unpaired) electrons. The van der Waals surface area contributed by atoms with E-state index < -0.39 is 0 Å². The van der Waals surface area contributed by atoms with Crippen LogP contribution in [0.5, 0.6) is 5.75 Å². The van der Waals surface area contributed by atoms with Gasteiger partial charge in [-0.05, 0) is 36.3 Å². The molecule has 0 saturated heterocycles. The zero-order valence-corrected chi connectivity index (χ0v) is 13.4. The summed E-state index contributed by atoms with van der Waals surface area (Å²) in [6, 6.07) is 9.02. The van der Waals surface area contributed by atoms with Crippen LogP contribution in [0.25, 0.3) is 0 Å². The Morgan fingerprint density at radius 1 is 1.25 bits per heavy atom. The van der Waals surface area contributed by atoms with E-state index in [0.717, 1.165) is 25.1 Å². The molecule has 1 aromatic carbocycles. The number of fused-ring (bicyclic) bond motifs is 1. The first-order valence-electron chi connectivity index (χ1n) is 8.06. The Morgan fingerprint density at radius 2 is 1.95 bits per heavy atom. The van der Waals surface area contributed by atoms with Crippen LogP contribution in [0.1, 0.15) is 52.5 Å². The summed E-state index contributed by atoms with van der Waals surface area (Å²) in [5, 5.41) is 3.63. The standard InChI is InChI=1S/C18H29NO/c1-5-18(6-2,13-19-14(3)4)12-16-11-15-9-7-8-10-17(15)20-16/h7-10,14,16,19H,5-6,11-13H2,1-4H3. The minimum atomic E-state index is 0.348. The summed E-state index contributed by atoms with van der Waals surface area (Å²) in [6.45, 7) is 10.2. The molecule has 1 aliphatic rings. The van der Waals surface area contributed by atoms with Gasteiger partial charge in [-0.2, -0.15) is 0 Å². The SMILES string of the molecule is CCC(CC)(CNC(C)C)CC1Cc2ccccc2O1. The van der Waals surface area contributed by atoms with E-state index in [0.29, 0.717) is 17.6 Å². The summed E-state index contributed by atoms with van der Waals surface area (Å²) >= 11 is 0. The number of benzene rings is 1. The predicted octanol–water partition coefficient (Wildman–Crippen LogP) is 4.18. The highest BCUT2D eigenvalue weighted by molar-refractivity contribution is 5.37. The largest absolute Gasteiger partial charge is 0.490 e. The van der Waals surface area contributed by atoms with Gasteiger partial charge < -0.3 is 10.1 Å². The van der Waals surface area contributed by atoms with Crippen LogP contribution in [0.3, 0.4) is 0 Å². The lowest BCUT2D eigenvalue weighted by Crippen LogP contribution is -2.40. The van der Waals surface area contributed by atoms with E-state index in [1.807, 2.05) is 0 Å². The Kier molecular flexibility index (Phi) is 5.09. The fraction of sp³-hybridized carbons (Fsp3) is 0.667. The van der Waals surface area contributed by atoms with Gasteiger partial charge in [-0.15, -0.1) is 0 Å². The molecule has 1 N–H and O–H groups in total. The molecule has 0 aliphatic carbocycles. The molecule has 0 amide bonds. The second-order valence-electron chi connectivity index (χ2n) is 6.50. The molecule has 20 heavy (non-hydrogen) atoms. The lowest BCUT2D eigenvalue weighted by atomic mass is 9.76. The Hall–Kier alpha value is -1.02. The smallest absolute Gasteiger partial charge is 0.123 e. The van der Waals surface area contributed by atoms with Crippen molar-refractivity contribution in [2.45, 2.75) is 65.5 Å². The number of hydrogen-bond donors (Lipinski definition) is 1. The molecule has 1 heterocycles. The van der Waals surface area contributed by atoms with Crippen molar-refractivity contribution < 1.29 is 4.74 Å². The van der Waals surface area contributed by atoms with Crippen LogP contribution in [-0.2, 0) is 6.42 Å². The number of para-hydroxylation sites is 1. The van der Waals surface area contributed by atoms with Crippen molar-refractivity contribution in [2.75, 3.05) is 6.54 Å². The zero-order chi connectivity index (χ0) is 14.6. The molecule has 1 atom stereocenters. The average Bonchev–Trinajstić information content (AvgIpc) is 2.85. The van der Waals surface area contributed by atoms with Gasteiger partial charge in [-0.1, -0.05) is 45.9 Å². The van der Waals surface area contributed by atoms with Gasteiger partial charge in [0.1, 0.15) is 11.9 Å². The molecule has 0 bridgehead atoms. The maximum atomic E-state index is 6.15. The number of hydrogen-bond acceptors (Lipinski definition) is 2. The van der Waals surface area contributed by atoms with Crippen molar-refractivity contribution in [1.29, 1.82) is 0 Å². The van der Waals surface area contributed by atoms with Gasteiger partial charge >= 0.3 is 0 Å². The van der Waals surface area contributed by atoms with Gasteiger partial charge in [0, 0.05) is 19.0 Å². The van der Waals surface area contributed by atoms with Gasteiger partial charge in [0.15, 0.2) is 0 Å². The minimum absolute atomic E-state index is 0.348. The van der Waals surface area contributed by atoms with Gasteiger partial charge in [0.2, 0.25) is 0 Å². The van der Waals surface area contributed by atoms with Gasteiger partial charge in [-0.3, -0.25) is 0 Å². The summed E-state index contributed by atoms with van der Waals surface area (Å²) in [4.78, 5) is 0. The van der Waals surface area contributed by atoms with Crippen molar-refractivity contribution in [3.05, 3.63) is 29.8 Å². The second-order valence-corrected chi connectivity index (χ2v) is 6.50. The van der Waals surface area contributed by atoms with E-state index in [-0.39, 0.29) is 0 Å². The Labute approximate surface area is 123 Å². The highest BCUT2D eigenvalue weighted by atomic mass is 16.5. The molecule has 1 aliphatic heterocycles. The fourth-order valence-electron chi connectivity index (χ4n) is 3.13. The molecule has 112 valence electrons. The lowest BCUT2D eigenvalue weighted by Gasteiger charge is -2.35. The molecule has 0 saturated carbocycles. The molecule has 0 aromatic heterocycles. The van der Waals surface area contributed by atoms with Crippen molar-refractivity contribution in [3.63, 3.8) is 0 Å². The second kappa shape index (κ2) is 6.62. The van der Waals surface area contributed by atoms with Crippen LogP contribution in [0.2, 0.25) is 0 Å². The monoisotopic (exact) mass is 275 g/mol.